The minimum absolute atomic E-state index is 0.270. The summed E-state index contributed by atoms with van der Waals surface area (Å²) in [6.45, 7) is 1.86. The van der Waals surface area contributed by atoms with Gasteiger partial charge in [-0.1, -0.05) is 49.4 Å². The first-order valence-corrected chi connectivity index (χ1v) is 8.46. The van der Waals surface area contributed by atoms with Crippen LogP contribution in [0.3, 0.4) is 0 Å². The summed E-state index contributed by atoms with van der Waals surface area (Å²) in [6, 6.07) is 16.2. The van der Waals surface area contributed by atoms with Crippen LogP contribution in [0.5, 0.6) is 0 Å². The highest BCUT2D eigenvalue weighted by Crippen LogP contribution is 2.15. The van der Waals surface area contributed by atoms with Gasteiger partial charge in [0.1, 0.15) is 0 Å². The molecule has 0 fully saturated rings. The van der Waals surface area contributed by atoms with E-state index in [2.05, 4.69) is 10.6 Å². The van der Waals surface area contributed by atoms with Crippen molar-refractivity contribution in [1.29, 1.82) is 0 Å². The second kappa shape index (κ2) is 9.98. The van der Waals surface area contributed by atoms with Crippen molar-refractivity contribution in [2.45, 2.75) is 26.3 Å². The van der Waals surface area contributed by atoms with E-state index in [1.54, 1.807) is 24.3 Å². The van der Waals surface area contributed by atoms with Crippen LogP contribution < -0.4 is 10.6 Å². The van der Waals surface area contributed by atoms with E-state index < -0.39 is 11.9 Å². The molecule has 0 saturated heterocycles. The summed E-state index contributed by atoms with van der Waals surface area (Å²) in [6.07, 6.45) is 0.927. The summed E-state index contributed by atoms with van der Waals surface area (Å²) in [7, 11) is 0. The van der Waals surface area contributed by atoms with Crippen LogP contribution >= 0.6 is 0 Å². The number of ether oxygens (including phenoxy) is 1. The molecular formula is C20H22N2O4. The monoisotopic (exact) mass is 354 g/mol. The van der Waals surface area contributed by atoms with Gasteiger partial charge in [0.05, 0.1) is 11.3 Å². The molecule has 26 heavy (non-hydrogen) atoms. The maximum Gasteiger partial charge on any atom is 0.306 e. The molecule has 0 unspecified atom stereocenters. The number of hydrogen-bond donors (Lipinski definition) is 2. The molecule has 0 bridgehead atoms. The third kappa shape index (κ3) is 6.05. The lowest BCUT2D eigenvalue weighted by atomic mass is 10.1. The number of hydrogen-bond acceptors (Lipinski definition) is 4. The predicted molar refractivity (Wildman–Crippen MR) is 98.6 cm³/mol. The largest absolute Gasteiger partial charge is 0.456 e. The van der Waals surface area contributed by atoms with Crippen molar-refractivity contribution in [2.75, 3.05) is 11.9 Å². The van der Waals surface area contributed by atoms with Crippen molar-refractivity contribution in [1.82, 2.24) is 5.32 Å². The number of esters is 1. The van der Waals surface area contributed by atoms with E-state index in [4.69, 9.17) is 4.74 Å². The van der Waals surface area contributed by atoms with Crippen molar-refractivity contribution in [3.8, 4) is 0 Å². The van der Waals surface area contributed by atoms with Crippen LogP contribution in [-0.4, -0.2) is 24.4 Å². The Hall–Kier alpha value is -3.15. The molecule has 0 aliphatic rings. The molecule has 6 heteroatoms. The molecule has 0 atom stereocenters. The van der Waals surface area contributed by atoms with Crippen LogP contribution in [0.4, 0.5) is 5.69 Å². The summed E-state index contributed by atoms with van der Waals surface area (Å²) in [4.78, 5) is 35.7. The fraction of sp³-hybridized carbons (Fsp3) is 0.250. The third-order valence-electron chi connectivity index (χ3n) is 3.56. The van der Waals surface area contributed by atoms with E-state index in [9.17, 15) is 14.4 Å². The summed E-state index contributed by atoms with van der Waals surface area (Å²) in [5.41, 5.74) is 1.69. The normalized spacial score (nSPS) is 10.0. The van der Waals surface area contributed by atoms with Crippen LogP contribution in [0.25, 0.3) is 0 Å². The molecule has 0 aromatic heterocycles. The molecule has 2 aromatic rings. The lowest BCUT2D eigenvalue weighted by molar-refractivity contribution is -0.147. The SMILES string of the molecule is CCCC(=O)OCC(=O)Nc1ccccc1C(=O)NCc1ccccc1. The molecule has 6 nitrogen and oxygen atoms in total. The van der Waals surface area contributed by atoms with Crippen molar-refractivity contribution in [3.05, 3.63) is 65.7 Å². The van der Waals surface area contributed by atoms with Crippen molar-refractivity contribution in [3.63, 3.8) is 0 Å². The number of anilines is 1. The lowest BCUT2D eigenvalue weighted by Crippen LogP contribution is -2.26. The number of benzene rings is 2. The average Bonchev–Trinajstić information content (AvgIpc) is 2.66. The van der Waals surface area contributed by atoms with Crippen molar-refractivity contribution >= 4 is 23.5 Å². The summed E-state index contributed by atoms with van der Waals surface area (Å²) in [5.74, 6) is -1.21. The van der Waals surface area contributed by atoms with Gasteiger partial charge in [0.15, 0.2) is 6.61 Å². The number of carbonyl (C=O) groups is 3. The van der Waals surface area contributed by atoms with Crippen LogP contribution in [0.2, 0.25) is 0 Å². The Bertz CT molecular complexity index is 759. The molecule has 0 heterocycles. The zero-order valence-electron chi connectivity index (χ0n) is 14.7. The Morgan fingerprint density at radius 1 is 0.962 bits per heavy atom. The second-order valence-corrected chi connectivity index (χ2v) is 5.67. The minimum atomic E-state index is -0.488. The van der Waals surface area contributed by atoms with Gasteiger partial charge in [0.25, 0.3) is 11.8 Å². The van der Waals surface area contributed by atoms with Gasteiger partial charge in [-0.2, -0.15) is 0 Å². The number of para-hydroxylation sites is 1. The molecule has 2 amide bonds. The van der Waals surface area contributed by atoms with Crippen molar-refractivity contribution < 1.29 is 19.1 Å². The van der Waals surface area contributed by atoms with Gasteiger partial charge in [-0.05, 0) is 24.1 Å². The third-order valence-corrected chi connectivity index (χ3v) is 3.56. The molecular weight excluding hydrogens is 332 g/mol. The Labute approximate surface area is 152 Å². The molecule has 2 N–H and O–H groups in total. The maximum absolute atomic E-state index is 12.4. The number of nitrogens with one attached hydrogen (secondary N) is 2. The highest BCUT2D eigenvalue weighted by atomic mass is 16.5. The zero-order valence-corrected chi connectivity index (χ0v) is 14.7. The summed E-state index contributed by atoms with van der Waals surface area (Å²) < 4.78 is 4.87. The highest BCUT2D eigenvalue weighted by molar-refractivity contribution is 6.04. The molecule has 2 rings (SSSR count). The van der Waals surface area contributed by atoms with E-state index in [0.717, 1.165) is 5.56 Å². The van der Waals surface area contributed by atoms with Crippen LogP contribution in [0.15, 0.2) is 54.6 Å². The molecule has 0 spiro atoms. The topological polar surface area (TPSA) is 84.5 Å². The molecule has 0 saturated carbocycles. The Morgan fingerprint density at radius 3 is 2.38 bits per heavy atom. The van der Waals surface area contributed by atoms with Gasteiger partial charge >= 0.3 is 5.97 Å². The van der Waals surface area contributed by atoms with Crippen molar-refractivity contribution in [2.24, 2.45) is 0 Å². The fourth-order valence-corrected chi connectivity index (χ4v) is 2.27. The Morgan fingerprint density at radius 2 is 1.65 bits per heavy atom. The number of amides is 2. The molecule has 0 radical (unpaired) electrons. The summed E-state index contributed by atoms with van der Waals surface area (Å²) in [5, 5.41) is 5.43. The van der Waals surface area contributed by atoms with Gasteiger partial charge in [-0.15, -0.1) is 0 Å². The zero-order chi connectivity index (χ0) is 18.8. The molecule has 0 aliphatic carbocycles. The van der Waals surface area contributed by atoms with Gasteiger partial charge in [0, 0.05) is 13.0 Å². The van der Waals surface area contributed by atoms with Crippen LogP contribution in [-0.2, 0) is 20.9 Å². The van der Waals surface area contributed by atoms with E-state index in [0.29, 0.717) is 24.2 Å². The van der Waals surface area contributed by atoms with Gasteiger partial charge < -0.3 is 15.4 Å². The maximum atomic E-state index is 12.4. The van der Waals surface area contributed by atoms with Gasteiger partial charge in [0.2, 0.25) is 0 Å². The highest BCUT2D eigenvalue weighted by Gasteiger charge is 2.14. The smallest absolute Gasteiger partial charge is 0.306 e. The molecule has 136 valence electrons. The molecule has 2 aromatic carbocycles. The van der Waals surface area contributed by atoms with E-state index >= 15 is 0 Å². The minimum Gasteiger partial charge on any atom is -0.456 e. The number of carbonyl (C=O) groups excluding carboxylic acids is 3. The van der Waals surface area contributed by atoms with E-state index in [1.807, 2.05) is 37.3 Å². The fourth-order valence-electron chi connectivity index (χ4n) is 2.27. The lowest BCUT2D eigenvalue weighted by Gasteiger charge is -2.12. The Kier molecular flexibility index (Phi) is 7.36. The molecule has 0 aliphatic heterocycles. The number of rotatable bonds is 8. The van der Waals surface area contributed by atoms with E-state index in [-0.39, 0.29) is 18.9 Å². The van der Waals surface area contributed by atoms with Gasteiger partial charge in [-0.3, -0.25) is 14.4 Å². The Balaban J connectivity index is 1.94. The van der Waals surface area contributed by atoms with E-state index in [1.165, 1.54) is 0 Å². The van der Waals surface area contributed by atoms with Gasteiger partial charge in [-0.25, -0.2) is 0 Å². The summed E-state index contributed by atoms with van der Waals surface area (Å²) >= 11 is 0. The standard InChI is InChI=1S/C20H22N2O4/c1-2-8-19(24)26-14-18(23)22-17-12-7-6-11-16(17)20(25)21-13-15-9-4-3-5-10-15/h3-7,9-12H,2,8,13-14H2,1H3,(H,21,25)(H,22,23). The second-order valence-electron chi connectivity index (χ2n) is 5.67. The first-order chi connectivity index (χ1) is 12.6. The average molecular weight is 354 g/mol. The first-order valence-electron chi connectivity index (χ1n) is 8.46. The van der Waals surface area contributed by atoms with Crippen LogP contribution in [0.1, 0.15) is 35.7 Å². The van der Waals surface area contributed by atoms with Crippen LogP contribution in [0, 0.1) is 0 Å². The predicted octanol–water partition coefficient (Wildman–Crippen LogP) is 2.90. The first kappa shape index (κ1) is 19.2. The quantitative estimate of drug-likeness (QED) is 0.714.